The number of rotatable bonds is 1. The highest BCUT2D eigenvalue weighted by Crippen LogP contribution is 2.49. The number of para-hydroxylation sites is 2. The van der Waals surface area contributed by atoms with Crippen molar-refractivity contribution in [2.75, 3.05) is 0 Å². The van der Waals surface area contributed by atoms with Crippen molar-refractivity contribution in [2.45, 2.75) is 0 Å². The van der Waals surface area contributed by atoms with Crippen molar-refractivity contribution in [3.63, 3.8) is 0 Å². The average molecular weight is 469 g/mol. The maximum absolute atomic E-state index is 4.81. The van der Waals surface area contributed by atoms with Gasteiger partial charge in [-0.3, -0.25) is 4.98 Å². The number of benzene rings is 6. The summed E-state index contributed by atoms with van der Waals surface area (Å²) in [6.45, 7) is 0. The molecule has 170 valence electrons. The van der Waals surface area contributed by atoms with Crippen LogP contribution in [0.2, 0.25) is 0 Å². The Bertz CT molecular complexity index is 2250. The summed E-state index contributed by atoms with van der Waals surface area (Å²) in [5.74, 6) is 0. The fourth-order valence-electron chi connectivity index (χ4n) is 6.57. The maximum atomic E-state index is 4.81. The van der Waals surface area contributed by atoms with Crippen LogP contribution in [0.1, 0.15) is 0 Å². The Morgan fingerprint density at radius 3 is 2.05 bits per heavy atom. The second-order valence-corrected chi connectivity index (χ2v) is 10.00. The number of hydrogen-bond donors (Lipinski definition) is 0. The molecule has 0 fully saturated rings. The summed E-state index contributed by atoms with van der Waals surface area (Å²) in [4.78, 5) is 4.81. The highest BCUT2D eigenvalue weighted by molar-refractivity contribution is 6.20. The lowest BCUT2D eigenvalue weighted by Crippen LogP contribution is -1.96. The number of nitrogens with zero attached hydrogens (tertiary/aromatic N) is 2. The lowest BCUT2D eigenvalue weighted by Gasteiger charge is -2.14. The van der Waals surface area contributed by atoms with Crippen LogP contribution >= 0.6 is 0 Å². The van der Waals surface area contributed by atoms with Crippen LogP contribution < -0.4 is 0 Å². The van der Waals surface area contributed by atoms with Gasteiger partial charge in [-0.15, -0.1) is 0 Å². The first kappa shape index (κ1) is 19.3. The van der Waals surface area contributed by atoms with Gasteiger partial charge >= 0.3 is 0 Å². The molecule has 0 unspecified atom stereocenters. The Kier molecular flexibility index (Phi) is 3.56. The van der Waals surface area contributed by atoms with Gasteiger partial charge in [0.05, 0.1) is 22.2 Å². The van der Waals surface area contributed by atoms with E-state index in [-0.39, 0.29) is 0 Å². The molecule has 2 aromatic heterocycles. The lowest BCUT2D eigenvalue weighted by atomic mass is 9.98. The van der Waals surface area contributed by atoms with Gasteiger partial charge in [-0.1, -0.05) is 84.9 Å². The molecule has 37 heavy (non-hydrogen) atoms. The van der Waals surface area contributed by atoms with Gasteiger partial charge in [0.2, 0.25) is 0 Å². The molecule has 0 radical (unpaired) electrons. The van der Waals surface area contributed by atoms with E-state index >= 15 is 0 Å². The monoisotopic (exact) mass is 468 g/mol. The molecule has 2 heteroatoms. The molecule has 0 bridgehead atoms. The molecular weight excluding hydrogens is 448 g/mol. The fraction of sp³-hybridized carbons (Fsp3) is 0. The van der Waals surface area contributed by atoms with E-state index in [2.05, 4.69) is 120 Å². The summed E-state index contributed by atoms with van der Waals surface area (Å²) in [5.41, 5.74) is 9.95. The zero-order chi connectivity index (χ0) is 24.1. The Labute approximate surface area is 213 Å². The van der Waals surface area contributed by atoms with Gasteiger partial charge in [0.1, 0.15) is 0 Å². The third-order valence-electron chi connectivity index (χ3n) is 8.13. The lowest BCUT2D eigenvalue weighted by molar-refractivity contribution is 1.20. The molecule has 9 rings (SSSR count). The number of aromatic nitrogens is 2. The Hall–Kier alpha value is -4.95. The highest BCUT2D eigenvalue weighted by atomic mass is 15.0. The third-order valence-corrected chi connectivity index (χ3v) is 8.13. The zero-order valence-corrected chi connectivity index (χ0v) is 19.9. The van der Waals surface area contributed by atoms with E-state index in [1.54, 1.807) is 0 Å². The van der Waals surface area contributed by atoms with Gasteiger partial charge in [0.25, 0.3) is 0 Å². The van der Waals surface area contributed by atoms with Gasteiger partial charge in [-0.2, -0.15) is 0 Å². The van der Waals surface area contributed by atoms with E-state index in [0.29, 0.717) is 0 Å². The summed E-state index contributed by atoms with van der Waals surface area (Å²) >= 11 is 0. The van der Waals surface area contributed by atoms with Gasteiger partial charge in [0.15, 0.2) is 0 Å². The van der Waals surface area contributed by atoms with E-state index in [1.165, 1.54) is 76.7 Å². The van der Waals surface area contributed by atoms with Crippen molar-refractivity contribution in [3.05, 3.63) is 121 Å². The van der Waals surface area contributed by atoms with E-state index in [9.17, 15) is 0 Å². The van der Waals surface area contributed by atoms with E-state index in [4.69, 9.17) is 4.98 Å². The van der Waals surface area contributed by atoms with Crippen molar-refractivity contribution in [1.29, 1.82) is 0 Å². The average Bonchev–Trinajstić information content (AvgIpc) is 3.46. The van der Waals surface area contributed by atoms with Crippen LogP contribution in [-0.4, -0.2) is 9.55 Å². The summed E-state index contributed by atoms with van der Waals surface area (Å²) in [6.07, 6.45) is 2.04. The fourth-order valence-corrected chi connectivity index (χ4v) is 6.57. The van der Waals surface area contributed by atoms with Crippen molar-refractivity contribution in [2.24, 2.45) is 0 Å². The minimum Gasteiger partial charge on any atom is -0.308 e. The molecule has 1 aliphatic carbocycles. The van der Waals surface area contributed by atoms with Crippen LogP contribution in [0.25, 0.3) is 82.2 Å². The van der Waals surface area contributed by atoms with E-state index in [0.717, 1.165) is 5.52 Å². The zero-order valence-electron chi connectivity index (χ0n) is 19.9. The molecule has 6 aromatic carbocycles. The Balaban J connectivity index is 1.45. The number of fused-ring (bicyclic) bond motifs is 9. The summed E-state index contributed by atoms with van der Waals surface area (Å²) < 4.78 is 2.45. The minimum absolute atomic E-state index is 1.02. The molecule has 2 heterocycles. The van der Waals surface area contributed by atoms with Gasteiger partial charge in [0, 0.05) is 27.7 Å². The van der Waals surface area contributed by atoms with Crippen LogP contribution in [0.3, 0.4) is 0 Å². The molecule has 0 saturated heterocycles. The van der Waals surface area contributed by atoms with Crippen molar-refractivity contribution in [1.82, 2.24) is 9.55 Å². The number of pyridine rings is 1. The molecule has 8 aromatic rings. The van der Waals surface area contributed by atoms with Crippen LogP contribution in [0.4, 0.5) is 0 Å². The molecule has 0 atom stereocenters. The van der Waals surface area contributed by atoms with Crippen molar-refractivity contribution in [3.8, 4) is 27.9 Å². The normalized spacial score (nSPS) is 12.3. The van der Waals surface area contributed by atoms with Gasteiger partial charge in [-0.05, 0) is 68.7 Å². The second-order valence-electron chi connectivity index (χ2n) is 10.00. The summed E-state index contributed by atoms with van der Waals surface area (Å²) in [7, 11) is 0. The van der Waals surface area contributed by atoms with Gasteiger partial charge < -0.3 is 4.57 Å². The molecule has 0 saturated carbocycles. The van der Waals surface area contributed by atoms with Crippen molar-refractivity contribution < 1.29 is 0 Å². The minimum atomic E-state index is 1.02. The maximum Gasteiger partial charge on any atom is 0.0723 e. The predicted molar refractivity (Wildman–Crippen MR) is 156 cm³/mol. The van der Waals surface area contributed by atoms with E-state index in [1.807, 2.05) is 6.20 Å². The van der Waals surface area contributed by atoms with Crippen LogP contribution in [0.5, 0.6) is 0 Å². The molecule has 0 N–H and O–H groups in total. The first-order chi connectivity index (χ1) is 18.4. The largest absolute Gasteiger partial charge is 0.308 e. The van der Waals surface area contributed by atoms with E-state index < -0.39 is 0 Å². The number of hydrogen-bond acceptors (Lipinski definition) is 1. The van der Waals surface area contributed by atoms with Gasteiger partial charge in [-0.25, -0.2) is 0 Å². The van der Waals surface area contributed by atoms with Crippen LogP contribution in [-0.2, 0) is 0 Å². The molecule has 1 aliphatic rings. The second kappa shape index (κ2) is 6.83. The third kappa shape index (κ3) is 2.42. The molecule has 0 aliphatic heterocycles. The SMILES string of the molecule is c1cc(-n2c3ccccc3c3cnc4ccccc4c32)c2cc3c(cc2c1)-c1cccc2cccc-3c12. The quantitative estimate of drug-likeness (QED) is 0.235. The van der Waals surface area contributed by atoms with Crippen LogP contribution in [0, 0.1) is 0 Å². The highest BCUT2D eigenvalue weighted by Gasteiger charge is 2.23. The molecule has 0 spiro atoms. The van der Waals surface area contributed by atoms with Crippen LogP contribution in [0.15, 0.2) is 121 Å². The standard InChI is InChI=1S/C35H20N2/c1-3-15-31-26(12-1)35-30(20-36-31)23-11-2-4-16-32(23)37(35)33-17-7-10-22-18-28-24-13-5-8-21-9-6-14-25(34(21)24)29(28)19-27(22)33/h1-20H. The Morgan fingerprint density at radius 2 is 1.19 bits per heavy atom. The summed E-state index contributed by atoms with van der Waals surface area (Å²) in [5, 5.41) is 8.77. The first-order valence-electron chi connectivity index (χ1n) is 12.7. The topological polar surface area (TPSA) is 17.8 Å². The first-order valence-corrected chi connectivity index (χ1v) is 12.7. The predicted octanol–water partition coefficient (Wildman–Crippen LogP) is 9.29. The Morgan fingerprint density at radius 1 is 0.486 bits per heavy atom. The summed E-state index contributed by atoms with van der Waals surface area (Å²) in [6, 6.07) is 42.0. The van der Waals surface area contributed by atoms with Crippen molar-refractivity contribution >= 4 is 54.3 Å². The molecule has 2 nitrogen and oxygen atoms in total. The molecule has 0 amide bonds. The molecular formula is C35H20N2. The smallest absolute Gasteiger partial charge is 0.0723 e.